The average Bonchev–Trinajstić information content (AvgIpc) is 2.76. The van der Waals surface area contributed by atoms with Crippen LogP contribution in [0.15, 0.2) is 5.38 Å². The van der Waals surface area contributed by atoms with Crippen molar-refractivity contribution in [3.05, 3.63) is 16.1 Å². The van der Waals surface area contributed by atoms with Crippen molar-refractivity contribution in [3.63, 3.8) is 0 Å². The van der Waals surface area contributed by atoms with Gasteiger partial charge < -0.3 is 5.32 Å². The van der Waals surface area contributed by atoms with E-state index in [1.165, 1.54) is 23.5 Å². The Morgan fingerprint density at radius 2 is 1.89 bits per heavy atom. The monoisotopic (exact) mass is 268 g/mol. The molecule has 0 radical (unpaired) electrons. The molecule has 1 aromatic rings. The molecule has 0 bridgehead atoms. The summed E-state index contributed by atoms with van der Waals surface area (Å²) in [5.41, 5.74) is 1.37. The minimum atomic E-state index is 0.162. The zero-order valence-electron chi connectivity index (χ0n) is 12.7. The first-order valence-electron chi connectivity index (χ1n) is 7.06. The lowest BCUT2D eigenvalue weighted by Gasteiger charge is -2.22. The summed E-state index contributed by atoms with van der Waals surface area (Å²) in [5.74, 6) is 0.770. The molecule has 0 fully saturated rings. The molecular weight excluding hydrogens is 240 g/mol. The van der Waals surface area contributed by atoms with Gasteiger partial charge in [0.25, 0.3) is 0 Å². The Kier molecular flexibility index (Phi) is 5.80. The topological polar surface area (TPSA) is 24.9 Å². The Bertz CT molecular complexity index is 348. The highest BCUT2D eigenvalue weighted by Crippen LogP contribution is 2.24. The SMILES string of the molecule is CCC(CC)C(C)NCc1nc(C(C)(C)C)cs1. The van der Waals surface area contributed by atoms with E-state index in [2.05, 4.69) is 52.2 Å². The molecule has 1 N–H and O–H groups in total. The molecule has 0 aliphatic heterocycles. The highest BCUT2D eigenvalue weighted by atomic mass is 32.1. The van der Waals surface area contributed by atoms with Crippen LogP contribution in [0.3, 0.4) is 0 Å². The molecule has 1 unspecified atom stereocenters. The van der Waals surface area contributed by atoms with Crippen molar-refractivity contribution in [2.75, 3.05) is 0 Å². The number of nitrogens with one attached hydrogen (secondary N) is 1. The first-order chi connectivity index (χ1) is 8.38. The van der Waals surface area contributed by atoms with Crippen molar-refractivity contribution in [1.82, 2.24) is 10.3 Å². The van der Waals surface area contributed by atoms with Crippen molar-refractivity contribution in [1.29, 1.82) is 0 Å². The van der Waals surface area contributed by atoms with Gasteiger partial charge in [0.05, 0.1) is 5.69 Å². The molecule has 0 amide bonds. The van der Waals surface area contributed by atoms with E-state index in [9.17, 15) is 0 Å². The van der Waals surface area contributed by atoms with Gasteiger partial charge in [-0.25, -0.2) is 4.98 Å². The normalized spacial score (nSPS) is 14.2. The summed E-state index contributed by atoms with van der Waals surface area (Å²) in [6, 6.07) is 0.571. The van der Waals surface area contributed by atoms with E-state index in [4.69, 9.17) is 4.98 Å². The molecule has 0 aromatic carbocycles. The number of rotatable bonds is 6. The van der Waals surface area contributed by atoms with Crippen molar-refractivity contribution in [2.24, 2.45) is 5.92 Å². The molecule has 0 aliphatic carbocycles. The Morgan fingerprint density at radius 3 is 2.33 bits per heavy atom. The predicted octanol–water partition coefficient (Wildman–Crippen LogP) is 4.35. The van der Waals surface area contributed by atoms with Gasteiger partial charge >= 0.3 is 0 Å². The summed E-state index contributed by atoms with van der Waals surface area (Å²) in [6.45, 7) is 14.4. The van der Waals surface area contributed by atoms with Crippen LogP contribution in [0.4, 0.5) is 0 Å². The maximum absolute atomic E-state index is 4.72. The number of aromatic nitrogens is 1. The van der Waals surface area contributed by atoms with Crippen LogP contribution in [0.1, 0.15) is 65.1 Å². The Balaban J connectivity index is 2.51. The van der Waals surface area contributed by atoms with Gasteiger partial charge in [0.2, 0.25) is 0 Å². The van der Waals surface area contributed by atoms with Gasteiger partial charge in [-0.3, -0.25) is 0 Å². The molecule has 0 spiro atoms. The van der Waals surface area contributed by atoms with E-state index in [-0.39, 0.29) is 5.41 Å². The smallest absolute Gasteiger partial charge is 0.107 e. The second-order valence-electron chi connectivity index (χ2n) is 6.12. The number of nitrogens with zero attached hydrogens (tertiary/aromatic N) is 1. The molecule has 1 heterocycles. The van der Waals surface area contributed by atoms with Crippen LogP contribution in [0.2, 0.25) is 0 Å². The van der Waals surface area contributed by atoms with E-state index in [0.29, 0.717) is 6.04 Å². The lowest BCUT2D eigenvalue weighted by molar-refractivity contribution is 0.352. The quantitative estimate of drug-likeness (QED) is 0.829. The number of thiazole rings is 1. The highest BCUT2D eigenvalue weighted by Gasteiger charge is 2.18. The standard InChI is InChI=1S/C15H28N2S/c1-7-12(8-2)11(3)16-9-14-17-13(10-18-14)15(4,5)6/h10-12,16H,7-9H2,1-6H3. The third-order valence-corrected chi connectivity index (χ3v) is 4.50. The average molecular weight is 268 g/mol. The van der Waals surface area contributed by atoms with Crippen molar-refractivity contribution in [2.45, 2.75) is 72.4 Å². The Morgan fingerprint density at radius 1 is 1.28 bits per heavy atom. The van der Waals surface area contributed by atoms with E-state index in [1.54, 1.807) is 11.3 Å². The fraction of sp³-hybridized carbons (Fsp3) is 0.800. The maximum Gasteiger partial charge on any atom is 0.107 e. The van der Waals surface area contributed by atoms with E-state index >= 15 is 0 Å². The van der Waals surface area contributed by atoms with E-state index in [0.717, 1.165) is 12.5 Å². The first-order valence-corrected chi connectivity index (χ1v) is 7.94. The zero-order valence-corrected chi connectivity index (χ0v) is 13.5. The van der Waals surface area contributed by atoms with Crippen LogP contribution in [-0.2, 0) is 12.0 Å². The second kappa shape index (κ2) is 6.67. The minimum Gasteiger partial charge on any atom is -0.308 e. The van der Waals surface area contributed by atoms with Crippen molar-refractivity contribution >= 4 is 11.3 Å². The third-order valence-electron chi connectivity index (χ3n) is 3.65. The lowest BCUT2D eigenvalue weighted by Crippen LogP contribution is -2.32. The van der Waals surface area contributed by atoms with Crippen molar-refractivity contribution < 1.29 is 0 Å². The minimum absolute atomic E-state index is 0.162. The fourth-order valence-electron chi connectivity index (χ4n) is 2.15. The molecule has 0 aliphatic rings. The summed E-state index contributed by atoms with van der Waals surface area (Å²) in [6.07, 6.45) is 2.49. The van der Waals surface area contributed by atoms with Crippen molar-refractivity contribution in [3.8, 4) is 0 Å². The van der Waals surface area contributed by atoms with Gasteiger partial charge in [-0.1, -0.05) is 47.5 Å². The van der Waals surface area contributed by atoms with Gasteiger partial charge in [0.1, 0.15) is 5.01 Å². The summed E-state index contributed by atoms with van der Waals surface area (Å²) in [4.78, 5) is 4.72. The first kappa shape index (κ1) is 15.6. The van der Waals surface area contributed by atoms with Crippen LogP contribution in [-0.4, -0.2) is 11.0 Å². The van der Waals surface area contributed by atoms with Crippen LogP contribution >= 0.6 is 11.3 Å². The molecule has 1 rings (SSSR count). The van der Waals surface area contributed by atoms with Crippen LogP contribution in [0, 0.1) is 5.92 Å². The van der Waals surface area contributed by atoms with Crippen LogP contribution in [0.25, 0.3) is 0 Å². The summed E-state index contributed by atoms with van der Waals surface area (Å²) in [5, 5.41) is 7.01. The van der Waals surface area contributed by atoms with Crippen LogP contribution in [0.5, 0.6) is 0 Å². The summed E-state index contributed by atoms with van der Waals surface area (Å²) in [7, 11) is 0. The number of hydrogen-bond acceptors (Lipinski definition) is 3. The third kappa shape index (κ3) is 4.36. The highest BCUT2D eigenvalue weighted by molar-refractivity contribution is 7.09. The van der Waals surface area contributed by atoms with E-state index < -0.39 is 0 Å². The summed E-state index contributed by atoms with van der Waals surface area (Å²) >= 11 is 1.77. The van der Waals surface area contributed by atoms with Gasteiger partial charge in [-0.15, -0.1) is 11.3 Å². The zero-order chi connectivity index (χ0) is 13.8. The van der Waals surface area contributed by atoms with Gasteiger partial charge in [-0.05, 0) is 12.8 Å². The fourth-order valence-corrected chi connectivity index (χ4v) is 3.12. The molecule has 1 atom stereocenters. The molecule has 0 saturated carbocycles. The maximum atomic E-state index is 4.72. The molecule has 0 saturated heterocycles. The second-order valence-corrected chi connectivity index (χ2v) is 7.07. The van der Waals surface area contributed by atoms with Gasteiger partial charge in [0, 0.05) is 23.4 Å². The molecule has 104 valence electrons. The van der Waals surface area contributed by atoms with Gasteiger partial charge in [0.15, 0.2) is 0 Å². The summed E-state index contributed by atoms with van der Waals surface area (Å²) < 4.78 is 0. The van der Waals surface area contributed by atoms with Gasteiger partial charge in [-0.2, -0.15) is 0 Å². The predicted molar refractivity (Wildman–Crippen MR) is 81.2 cm³/mol. The largest absolute Gasteiger partial charge is 0.308 e. The molecule has 18 heavy (non-hydrogen) atoms. The molecule has 1 aromatic heterocycles. The lowest BCUT2D eigenvalue weighted by atomic mass is 9.93. The van der Waals surface area contributed by atoms with Crippen LogP contribution < -0.4 is 5.32 Å². The molecule has 3 heteroatoms. The Hall–Kier alpha value is -0.410. The molecule has 2 nitrogen and oxygen atoms in total. The number of hydrogen-bond donors (Lipinski definition) is 1. The molecular formula is C15H28N2S. The Labute approximate surface area is 116 Å². The van der Waals surface area contributed by atoms with E-state index in [1.807, 2.05) is 0 Å².